The second kappa shape index (κ2) is 8.88. The van der Waals surface area contributed by atoms with Gasteiger partial charge in [-0.25, -0.2) is 9.37 Å². The molecule has 1 aliphatic rings. The van der Waals surface area contributed by atoms with E-state index in [0.29, 0.717) is 38.5 Å². The Morgan fingerprint density at radius 3 is 2.69 bits per heavy atom. The van der Waals surface area contributed by atoms with E-state index in [-0.39, 0.29) is 34.4 Å². The third-order valence-electron chi connectivity index (χ3n) is 6.61. The maximum absolute atomic E-state index is 16.0. The number of anilines is 1. The summed E-state index contributed by atoms with van der Waals surface area (Å²) in [6.07, 6.45) is 9.61. The van der Waals surface area contributed by atoms with Gasteiger partial charge in [-0.15, -0.1) is 11.3 Å². The van der Waals surface area contributed by atoms with Crippen molar-refractivity contribution in [1.29, 1.82) is 0 Å². The molecular formula is C27H19FN8O2S. The molecule has 1 aliphatic carbocycles. The number of carbonyl (C=O) groups is 2. The summed E-state index contributed by atoms with van der Waals surface area (Å²) in [7, 11) is 0. The number of ketones is 1. The van der Waals surface area contributed by atoms with E-state index in [2.05, 4.69) is 35.5 Å². The summed E-state index contributed by atoms with van der Waals surface area (Å²) in [6, 6.07) is 5.30. The average Bonchev–Trinajstić information content (AvgIpc) is 3.32. The highest BCUT2D eigenvalue weighted by Crippen LogP contribution is 2.36. The maximum Gasteiger partial charge on any atom is 0.227 e. The van der Waals surface area contributed by atoms with Crippen LogP contribution in [0.5, 0.6) is 0 Å². The fraction of sp³-hybridized carbons (Fsp3) is 0.148. The SMILES string of the molecule is CC(=O)c1ccc(-c2cncc3[nH]c(-c4n[nH]c5cnc(-c6cncc(NC(=O)C7CC7)c6)c(F)c45)nc23)s1. The van der Waals surface area contributed by atoms with Crippen molar-refractivity contribution in [2.45, 2.75) is 19.8 Å². The van der Waals surface area contributed by atoms with Crippen LogP contribution in [0.15, 0.2) is 49.2 Å². The lowest BCUT2D eigenvalue weighted by Gasteiger charge is -2.07. The highest BCUT2D eigenvalue weighted by atomic mass is 32.1. The molecule has 6 aromatic heterocycles. The Bertz CT molecular complexity index is 1940. The Balaban J connectivity index is 1.30. The van der Waals surface area contributed by atoms with Crippen LogP contribution < -0.4 is 5.32 Å². The van der Waals surface area contributed by atoms with Crippen molar-refractivity contribution in [2.75, 3.05) is 5.32 Å². The van der Waals surface area contributed by atoms with Gasteiger partial charge in [-0.1, -0.05) is 0 Å². The van der Waals surface area contributed by atoms with Crippen LogP contribution in [0.2, 0.25) is 0 Å². The standard InChI is InChI=1S/C27H19FN8O2S/c1-12(37)19-4-5-20(39-19)16-9-30-10-18-24(16)34-26(33-18)25-21-17(35-36-25)11-31-23(22(21)28)14-6-15(8-29-7-14)32-27(38)13-2-3-13/h4-11,13H,2-3H2,1H3,(H,32,38)(H,33,34)(H,35,36). The monoisotopic (exact) mass is 538 g/mol. The molecule has 0 saturated heterocycles. The molecule has 0 bridgehead atoms. The molecule has 0 aliphatic heterocycles. The normalized spacial score (nSPS) is 13.3. The molecule has 6 aromatic rings. The predicted octanol–water partition coefficient (Wildman–Crippen LogP) is 5.38. The van der Waals surface area contributed by atoms with Crippen LogP contribution in [-0.2, 0) is 4.79 Å². The van der Waals surface area contributed by atoms with Gasteiger partial charge < -0.3 is 10.3 Å². The summed E-state index contributed by atoms with van der Waals surface area (Å²) in [5.74, 6) is -0.277. The summed E-state index contributed by atoms with van der Waals surface area (Å²) < 4.78 is 16.0. The first kappa shape index (κ1) is 23.3. The average molecular weight is 539 g/mol. The van der Waals surface area contributed by atoms with Gasteiger partial charge in [0.05, 0.1) is 45.6 Å². The fourth-order valence-electron chi connectivity index (χ4n) is 4.47. The van der Waals surface area contributed by atoms with E-state index in [1.165, 1.54) is 36.9 Å². The van der Waals surface area contributed by atoms with E-state index in [1.807, 2.05) is 6.07 Å². The molecule has 10 nitrogen and oxygen atoms in total. The van der Waals surface area contributed by atoms with Gasteiger partial charge in [0.15, 0.2) is 17.4 Å². The van der Waals surface area contributed by atoms with Gasteiger partial charge in [0, 0.05) is 34.3 Å². The Morgan fingerprint density at radius 1 is 1.05 bits per heavy atom. The number of imidazole rings is 1. The largest absolute Gasteiger partial charge is 0.335 e. The number of hydrogen-bond donors (Lipinski definition) is 3. The number of thiophene rings is 1. The molecule has 0 aromatic carbocycles. The number of nitrogens with zero attached hydrogens (tertiary/aromatic N) is 5. The molecule has 1 amide bonds. The molecule has 6 heterocycles. The van der Waals surface area contributed by atoms with Crippen LogP contribution >= 0.6 is 11.3 Å². The number of rotatable bonds is 6. The number of halogens is 1. The van der Waals surface area contributed by atoms with Gasteiger partial charge in [0.1, 0.15) is 16.9 Å². The number of H-pyrrole nitrogens is 2. The number of pyridine rings is 3. The molecular weight excluding hydrogens is 519 g/mol. The Hall–Kier alpha value is -4.84. The molecule has 39 heavy (non-hydrogen) atoms. The zero-order chi connectivity index (χ0) is 26.7. The van der Waals surface area contributed by atoms with Crippen LogP contribution in [0, 0.1) is 11.7 Å². The highest BCUT2D eigenvalue weighted by Gasteiger charge is 2.29. The van der Waals surface area contributed by atoms with Crippen LogP contribution in [-0.4, -0.2) is 46.8 Å². The van der Waals surface area contributed by atoms with Crippen molar-refractivity contribution in [3.63, 3.8) is 0 Å². The van der Waals surface area contributed by atoms with E-state index < -0.39 is 5.82 Å². The third kappa shape index (κ3) is 4.05. The summed E-state index contributed by atoms with van der Waals surface area (Å²) in [5.41, 5.74) is 3.71. The highest BCUT2D eigenvalue weighted by molar-refractivity contribution is 7.17. The first-order valence-corrected chi connectivity index (χ1v) is 13.0. The van der Waals surface area contributed by atoms with Gasteiger partial charge in [-0.2, -0.15) is 5.10 Å². The topological polar surface area (TPSA) is 142 Å². The van der Waals surface area contributed by atoms with Gasteiger partial charge in [-0.05, 0) is 38.0 Å². The molecule has 0 unspecified atom stereocenters. The molecule has 1 fully saturated rings. The van der Waals surface area contributed by atoms with E-state index in [9.17, 15) is 9.59 Å². The first-order valence-electron chi connectivity index (χ1n) is 12.2. The molecule has 7 rings (SSSR count). The van der Waals surface area contributed by atoms with E-state index >= 15 is 4.39 Å². The van der Waals surface area contributed by atoms with Crippen LogP contribution in [0.25, 0.3) is 55.2 Å². The molecule has 1 saturated carbocycles. The number of carbonyl (C=O) groups excluding carboxylic acids is 2. The Kier molecular flexibility index (Phi) is 5.30. The Labute approximate surface area is 223 Å². The fourth-order valence-corrected chi connectivity index (χ4v) is 5.38. The van der Waals surface area contributed by atoms with Crippen LogP contribution in [0.1, 0.15) is 29.4 Å². The van der Waals surface area contributed by atoms with Crippen molar-refractivity contribution in [3.05, 3.63) is 59.9 Å². The van der Waals surface area contributed by atoms with Gasteiger partial charge in [0.25, 0.3) is 0 Å². The predicted molar refractivity (Wildman–Crippen MR) is 145 cm³/mol. The molecule has 0 spiro atoms. The van der Waals surface area contributed by atoms with Gasteiger partial charge in [0.2, 0.25) is 5.91 Å². The maximum atomic E-state index is 16.0. The van der Waals surface area contributed by atoms with Crippen molar-refractivity contribution in [2.24, 2.45) is 5.92 Å². The molecule has 0 atom stereocenters. The van der Waals surface area contributed by atoms with E-state index in [0.717, 1.165) is 23.3 Å². The number of aromatic nitrogens is 7. The summed E-state index contributed by atoms with van der Waals surface area (Å²) in [6.45, 7) is 1.53. The van der Waals surface area contributed by atoms with Crippen LogP contribution in [0.3, 0.4) is 0 Å². The van der Waals surface area contributed by atoms with Crippen LogP contribution in [0.4, 0.5) is 10.1 Å². The Morgan fingerprint density at radius 2 is 1.90 bits per heavy atom. The molecule has 0 radical (unpaired) electrons. The summed E-state index contributed by atoms with van der Waals surface area (Å²) >= 11 is 1.36. The quantitative estimate of drug-likeness (QED) is 0.242. The minimum Gasteiger partial charge on any atom is -0.335 e. The number of hydrogen-bond acceptors (Lipinski definition) is 8. The minimum atomic E-state index is -0.591. The lowest BCUT2D eigenvalue weighted by molar-refractivity contribution is -0.117. The lowest BCUT2D eigenvalue weighted by Crippen LogP contribution is -2.13. The van der Waals surface area contributed by atoms with Crippen molar-refractivity contribution >= 4 is 50.7 Å². The number of Topliss-reactive ketones (excluding diaryl/α,β-unsaturated/α-hetero) is 1. The summed E-state index contributed by atoms with van der Waals surface area (Å²) in [5, 5.41) is 10.2. The van der Waals surface area contributed by atoms with E-state index in [1.54, 1.807) is 24.5 Å². The van der Waals surface area contributed by atoms with Gasteiger partial charge >= 0.3 is 0 Å². The minimum absolute atomic E-state index is 0.0111. The third-order valence-corrected chi connectivity index (χ3v) is 7.83. The number of amides is 1. The summed E-state index contributed by atoms with van der Waals surface area (Å²) in [4.78, 5) is 46.2. The molecule has 12 heteroatoms. The van der Waals surface area contributed by atoms with Crippen molar-refractivity contribution < 1.29 is 14.0 Å². The smallest absolute Gasteiger partial charge is 0.227 e. The number of fused-ring (bicyclic) bond motifs is 2. The number of nitrogens with one attached hydrogen (secondary N) is 3. The lowest BCUT2D eigenvalue weighted by atomic mass is 10.1. The molecule has 3 N–H and O–H groups in total. The second-order valence-electron chi connectivity index (χ2n) is 9.40. The van der Waals surface area contributed by atoms with Crippen molar-refractivity contribution in [3.8, 4) is 33.2 Å². The van der Waals surface area contributed by atoms with E-state index in [4.69, 9.17) is 4.98 Å². The second-order valence-corrected chi connectivity index (χ2v) is 10.5. The molecule has 192 valence electrons. The van der Waals surface area contributed by atoms with Gasteiger partial charge in [-0.3, -0.25) is 29.6 Å². The number of aromatic amines is 2. The van der Waals surface area contributed by atoms with Crippen molar-refractivity contribution in [1.82, 2.24) is 35.1 Å². The zero-order valence-electron chi connectivity index (χ0n) is 20.4. The first-order chi connectivity index (χ1) is 19.0. The zero-order valence-corrected chi connectivity index (χ0v) is 21.3.